The summed E-state index contributed by atoms with van der Waals surface area (Å²) in [6.07, 6.45) is 0.0408. The zero-order valence-electron chi connectivity index (χ0n) is 18.9. The normalized spacial score (nSPS) is 13.0. The first-order chi connectivity index (χ1) is 14.2. The van der Waals surface area contributed by atoms with Crippen molar-refractivity contribution in [2.45, 2.75) is 71.6 Å². The number of nitrogens with two attached hydrogens (primary N) is 2. The lowest BCUT2D eigenvalue weighted by atomic mass is 10.0. The van der Waals surface area contributed by atoms with Crippen LogP contribution in [0.15, 0.2) is 4.99 Å². The fraction of sp³-hybridized carbons (Fsp3) is 0.737. The van der Waals surface area contributed by atoms with E-state index in [0.29, 0.717) is 12.8 Å². The quantitative estimate of drug-likeness (QED) is 0.133. The van der Waals surface area contributed by atoms with Crippen molar-refractivity contribution in [1.82, 2.24) is 16.0 Å². The molecular weight excluding hydrogens is 408 g/mol. The van der Waals surface area contributed by atoms with Crippen molar-refractivity contribution < 1.29 is 29.0 Å². The average Bonchev–Trinajstić information content (AvgIpc) is 2.59. The molecule has 0 rings (SSSR count). The third-order valence-corrected chi connectivity index (χ3v) is 3.72. The topological polar surface area (TPSA) is 198 Å². The van der Waals surface area contributed by atoms with Crippen LogP contribution in [0.4, 0.5) is 4.79 Å². The van der Waals surface area contributed by atoms with Gasteiger partial charge < -0.3 is 37.3 Å². The Morgan fingerprint density at radius 2 is 1.68 bits per heavy atom. The summed E-state index contributed by atoms with van der Waals surface area (Å²) >= 11 is 0. The van der Waals surface area contributed by atoms with Gasteiger partial charge in [0.15, 0.2) is 5.96 Å². The van der Waals surface area contributed by atoms with E-state index >= 15 is 0 Å². The Balaban J connectivity index is 4.75. The Kier molecular flexibility index (Phi) is 12.0. The highest BCUT2D eigenvalue weighted by atomic mass is 16.6. The predicted octanol–water partition coefficient (Wildman–Crippen LogP) is -0.335. The summed E-state index contributed by atoms with van der Waals surface area (Å²) in [6.45, 7) is 8.64. The predicted molar refractivity (Wildman–Crippen MR) is 115 cm³/mol. The molecule has 0 bridgehead atoms. The van der Waals surface area contributed by atoms with E-state index < -0.39 is 48.1 Å². The highest BCUT2D eigenvalue weighted by molar-refractivity contribution is 5.90. The fourth-order valence-corrected chi connectivity index (χ4v) is 2.45. The van der Waals surface area contributed by atoms with Crippen molar-refractivity contribution >= 4 is 29.8 Å². The first kappa shape index (κ1) is 27.9. The number of rotatable bonds is 12. The maximum absolute atomic E-state index is 12.5. The van der Waals surface area contributed by atoms with E-state index in [1.807, 2.05) is 13.8 Å². The number of guanidine groups is 1. The number of carbonyl (C=O) groups excluding carboxylic acids is 3. The molecule has 3 amide bonds. The number of ether oxygens (including phenoxy) is 1. The number of carbonyl (C=O) groups is 4. The third-order valence-electron chi connectivity index (χ3n) is 3.72. The van der Waals surface area contributed by atoms with Gasteiger partial charge in [-0.1, -0.05) is 13.8 Å². The summed E-state index contributed by atoms with van der Waals surface area (Å²) in [5, 5.41) is 16.5. The lowest BCUT2D eigenvalue weighted by Crippen LogP contribution is -2.51. The lowest BCUT2D eigenvalue weighted by Gasteiger charge is -2.24. The van der Waals surface area contributed by atoms with E-state index in [-0.39, 0.29) is 24.8 Å². The van der Waals surface area contributed by atoms with Gasteiger partial charge in [0.1, 0.15) is 17.7 Å². The highest BCUT2D eigenvalue weighted by Crippen LogP contribution is 2.09. The Morgan fingerprint density at radius 1 is 1.06 bits per heavy atom. The van der Waals surface area contributed by atoms with Crippen LogP contribution in [0.3, 0.4) is 0 Å². The Labute approximate surface area is 182 Å². The molecule has 0 aromatic carbocycles. The first-order valence-corrected chi connectivity index (χ1v) is 10.1. The number of aliphatic carboxylic acids is 1. The Bertz CT molecular complexity index is 655. The third kappa shape index (κ3) is 14.6. The minimum absolute atomic E-state index is 0.0844. The Hall–Kier alpha value is -3.05. The number of aliphatic imine (C=N–C) groups is 1. The zero-order valence-corrected chi connectivity index (χ0v) is 18.9. The molecule has 0 aliphatic rings. The number of hydrogen-bond donors (Lipinski definition) is 6. The molecule has 0 fully saturated rings. The minimum Gasteiger partial charge on any atom is -0.480 e. The van der Waals surface area contributed by atoms with Crippen molar-refractivity contribution in [1.29, 1.82) is 0 Å². The largest absolute Gasteiger partial charge is 0.480 e. The standard InChI is InChI=1S/C19H36N6O6/c1-11(2)9-13(25-18(30)31-19(3,4)5)15(27)23-10-14(26)24-12(16(28)29)7-6-8-22-17(20)21/h11-13H,6-10H2,1-5H3,(H,23,27)(H,24,26)(H,25,30)(H,28,29)(H4,20,21,22)/t12-,13-/m0/s1. The molecule has 31 heavy (non-hydrogen) atoms. The van der Waals surface area contributed by atoms with E-state index in [0.717, 1.165) is 0 Å². The van der Waals surface area contributed by atoms with Crippen LogP contribution in [0.2, 0.25) is 0 Å². The molecule has 2 atom stereocenters. The number of carboxylic acids is 1. The van der Waals surface area contributed by atoms with Crippen molar-refractivity contribution in [2.75, 3.05) is 13.1 Å². The van der Waals surface area contributed by atoms with E-state index in [1.54, 1.807) is 20.8 Å². The van der Waals surface area contributed by atoms with Gasteiger partial charge in [0.2, 0.25) is 11.8 Å². The summed E-state index contributed by atoms with van der Waals surface area (Å²) in [5.74, 6) is -2.48. The molecule has 8 N–H and O–H groups in total. The SMILES string of the molecule is CC(C)C[C@H](NC(=O)OC(C)(C)C)C(=O)NCC(=O)N[C@@H](CCCN=C(N)N)C(=O)O. The Morgan fingerprint density at radius 3 is 2.16 bits per heavy atom. The molecule has 0 aromatic heterocycles. The van der Waals surface area contributed by atoms with Crippen molar-refractivity contribution in [2.24, 2.45) is 22.4 Å². The van der Waals surface area contributed by atoms with Crippen LogP contribution in [-0.4, -0.2) is 65.7 Å². The van der Waals surface area contributed by atoms with Gasteiger partial charge in [0.25, 0.3) is 0 Å². The number of nitrogens with zero attached hydrogens (tertiary/aromatic N) is 1. The maximum Gasteiger partial charge on any atom is 0.408 e. The number of carboxylic acid groups (broad SMARTS) is 1. The molecule has 0 heterocycles. The van der Waals surface area contributed by atoms with Crippen LogP contribution in [0.25, 0.3) is 0 Å². The van der Waals surface area contributed by atoms with Crippen LogP contribution in [-0.2, 0) is 19.1 Å². The van der Waals surface area contributed by atoms with Crippen molar-refractivity contribution in [3.63, 3.8) is 0 Å². The van der Waals surface area contributed by atoms with Gasteiger partial charge in [-0.15, -0.1) is 0 Å². The maximum atomic E-state index is 12.5. The van der Waals surface area contributed by atoms with Crippen LogP contribution in [0.5, 0.6) is 0 Å². The van der Waals surface area contributed by atoms with E-state index in [2.05, 4.69) is 20.9 Å². The van der Waals surface area contributed by atoms with Gasteiger partial charge in [-0.25, -0.2) is 9.59 Å². The summed E-state index contributed by atoms with van der Waals surface area (Å²) in [7, 11) is 0. The second-order valence-corrected chi connectivity index (χ2v) is 8.45. The molecular formula is C19H36N6O6. The molecule has 178 valence electrons. The molecule has 12 nitrogen and oxygen atoms in total. The van der Waals surface area contributed by atoms with E-state index in [4.69, 9.17) is 16.2 Å². The molecule has 0 aliphatic carbocycles. The van der Waals surface area contributed by atoms with Gasteiger partial charge in [-0.2, -0.15) is 0 Å². The number of hydrogen-bond acceptors (Lipinski definition) is 6. The lowest BCUT2D eigenvalue weighted by molar-refractivity contribution is -0.142. The molecule has 0 unspecified atom stereocenters. The van der Waals surface area contributed by atoms with Gasteiger partial charge in [0.05, 0.1) is 6.54 Å². The summed E-state index contributed by atoms with van der Waals surface area (Å²) in [5.41, 5.74) is 9.67. The number of alkyl carbamates (subject to hydrolysis) is 1. The number of amides is 3. The van der Waals surface area contributed by atoms with Crippen LogP contribution in [0, 0.1) is 5.92 Å². The summed E-state index contributed by atoms with van der Waals surface area (Å²) < 4.78 is 5.17. The number of nitrogens with one attached hydrogen (secondary N) is 3. The smallest absolute Gasteiger partial charge is 0.408 e. The van der Waals surface area contributed by atoms with Gasteiger partial charge >= 0.3 is 12.1 Å². The van der Waals surface area contributed by atoms with Crippen molar-refractivity contribution in [3.8, 4) is 0 Å². The molecule has 12 heteroatoms. The molecule has 0 aromatic rings. The van der Waals surface area contributed by atoms with Crippen LogP contribution >= 0.6 is 0 Å². The van der Waals surface area contributed by atoms with E-state index in [1.165, 1.54) is 0 Å². The summed E-state index contributed by atoms with van der Waals surface area (Å²) in [4.78, 5) is 51.6. The zero-order chi connectivity index (χ0) is 24.2. The van der Waals surface area contributed by atoms with E-state index in [9.17, 15) is 24.3 Å². The molecule has 0 radical (unpaired) electrons. The van der Waals surface area contributed by atoms with Gasteiger partial charge in [-0.05, 0) is 46.0 Å². The average molecular weight is 445 g/mol. The van der Waals surface area contributed by atoms with Gasteiger partial charge in [0, 0.05) is 6.54 Å². The second-order valence-electron chi connectivity index (χ2n) is 8.45. The first-order valence-electron chi connectivity index (χ1n) is 10.1. The second kappa shape index (κ2) is 13.3. The van der Waals surface area contributed by atoms with Crippen LogP contribution < -0.4 is 27.4 Å². The summed E-state index contributed by atoms with van der Waals surface area (Å²) in [6, 6.07) is -2.05. The molecule has 0 spiro atoms. The monoisotopic (exact) mass is 444 g/mol. The minimum atomic E-state index is -1.21. The molecule has 0 aliphatic heterocycles. The van der Waals surface area contributed by atoms with Crippen molar-refractivity contribution in [3.05, 3.63) is 0 Å². The molecule has 0 saturated heterocycles. The fourth-order valence-electron chi connectivity index (χ4n) is 2.45. The highest BCUT2D eigenvalue weighted by Gasteiger charge is 2.26. The van der Waals surface area contributed by atoms with Gasteiger partial charge in [-0.3, -0.25) is 14.6 Å². The van der Waals surface area contributed by atoms with Crippen LogP contribution in [0.1, 0.15) is 53.9 Å². The molecule has 0 saturated carbocycles.